The Bertz CT molecular complexity index is 458. The number of hydrogen-bond donors (Lipinski definition) is 1. The summed E-state index contributed by atoms with van der Waals surface area (Å²) in [5.41, 5.74) is 0.629. The summed E-state index contributed by atoms with van der Waals surface area (Å²) in [7, 11) is 0. The van der Waals surface area contributed by atoms with Crippen LogP contribution in [0.4, 0.5) is 0 Å². The normalized spacial score (nSPS) is 16.6. The standard InChI is InChI=1S/C14H19NO4/c1-10-12(6-9-19-10)14(18)15-7-4-11(5-8-15)2-3-13(16)17/h6,9,11H,2-5,7-8H2,1H3,(H,16,17). The second kappa shape index (κ2) is 5.91. The molecule has 19 heavy (non-hydrogen) atoms. The van der Waals surface area contributed by atoms with Crippen LogP contribution in [-0.2, 0) is 4.79 Å². The van der Waals surface area contributed by atoms with Gasteiger partial charge in [-0.2, -0.15) is 0 Å². The molecule has 1 fully saturated rings. The number of likely N-dealkylation sites (tertiary alicyclic amines) is 1. The molecule has 104 valence electrons. The molecule has 0 bridgehead atoms. The SMILES string of the molecule is Cc1occc1C(=O)N1CCC(CCC(=O)O)CC1. The molecule has 0 aliphatic carbocycles. The van der Waals surface area contributed by atoms with Gasteiger partial charge in [-0.3, -0.25) is 9.59 Å². The van der Waals surface area contributed by atoms with E-state index in [2.05, 4.69) is 0 Å². The number of carboxylic acids is 1. The van der Waals surface area contributed by atoms with Crippen molar-refractivity contribution in [3.05, 3.63) is 23.7 Å². The first-order valence-corrected chi connectivity index (χ1v) is 6.63. The zero-order valence-corrected chi connectivity index (χ0v) is 11.1. The first-order valence-electron chi connectivity index (χ1n) is 6.63. The van der Waals surface area contributed by atoms with Crippen molar-refractivity contribution in [2.45, 2.75) is 32.6 Å². The topological polar surface area (TPSA) is 70.8 Å². The van der Waals surface area contributed by atoms with E-state index in [1.54, 1.807) is 13.0 Å². The lowest BCUT2D eigenvalue weighted by Crippen LogP contribution is -2.38. The summed E-state index contributed by atoms with van der Waals surface area (Å²) < 4.78 is 5.15. The van der Waals surface area contributed by atoms with E-state index in [1.807, 2.05) is 4.90 Å². The number of hydrogen-bond acceptors (Lipinski definition) is 3. The summed E-state index contributed by atoms with van der Waals surface area (Å²) in [4.78, 5) is 24.6. The molecule has 1 aliphatic rings. The maximum atomic E-state index is 12.2. The van der Waals surface area contributed by atoms with Crippen LogP contribution in [0.25, 0.3) is 0 Å². The average Bonchev–Trinajstić information content (AvgIpc) is 2.82. The van der Waals surface area contributed by atoms with Gasteiger partial charge < -0.3 is 14.4 Å². The van der Waals surface area contributed by atoms with Crippen molar-refractivity contribution in [2.24, 2.45) is 5.92 Å². The third kappa shape index (κ3) is 3.36. The molecule has 5 nitrogen and oxygen atoms in total. The van der Waals surface area contributed by atoms with Crippen molar-refractivity contribution in [1.29, 1.82) is 0 Å². The lowest BCUT2D eigenvalue weighted by molar-refractivity contribution is -0.137. The molecule has 2 heterocycles. The van der Waals surface area contributed by atoms with Crippen LogP contribution in [0.2, 0.25) is 0 Å². The first kappa shape index (κ1) is 13.6. The predicted molar refractivity (Wildman–Crippen MR) is 68.9 cm³/mol. The summed E-state index contributed by atoms with van der Waals surface area (Å²) in [6, 6.07) is 1.70. The van der Waals surface area contributed by atoms with Gasteiger partial charge in [0.25, 0.3) is 5.91 Å². The summed E-state index contributed by atoms with van der Waals surface area (Å²) in [6.07, 6.45) is 4.23. The third-order valence-electron chi connectivity index (χ3n) is 3.76. The Morgan fingerprint density at radius 2 is 2.11 bits per heavy atom. The lowest BCUT2D eigenvalue weighted by atomic mass is 9.92. The molecular weight excluding hydrogens is 246 g/mol. The van der Waals surface area contributed by atoms with Crippen molar-refractivity contribution >= 4 is 11.9 Å². The average molecular weight is 265 g/mol. The Labute approximate surface area is 112 Å². The molecule has 0 aromatic carbocycles. The van der Waals surface area contributed by atoms with E-state index in [9.17, 15) is 9.59 Å². The molecule has 0 atom stereocenters. The molecule has 5 heteroatoms. The lowest BCUT2D eigenvalue weighted by Gasteiger charge is -2.31. The fourth-order valence-electron chi connectivity index (χ4n) is 2.53. The monoisotopic (exact) mass is 265 g/mol. The molecule has 0 spiro atoms. The Morgan fingerprint density at radius 1 is 1.42 bits per heavy atom. The maximum absolute atomic E-state index is 12.2. The number of furan rings is 1. The number of carboxylic acid groups (broad SMARTS) is 1. The minimum Gasteiger partial charge on any atom is -0.481 e. The number of nitrogens with zero attached hydrogens (tertiary/aromatic N) is 1. The number of rotatable bonds is 4. The Kier molecular flexibility index (Phi) is 4.24. The van der Waals surface area contributed by atoms with Crippen LogP contribution in [-0.4, -0.2) is 35.0 Å². The van der Waals surface area contributed by atoms with Gasteiger partial charge >= 0.3 is 5.97 Å². The molecule has 1 amide bonds. The van der Waals surface area contributed by atoms with E-state index in [-0.39, 0.29) is 12.3 Å². The maximum Gasteiger partial charge on any atom is 0.303 e. The smallest absolute Gasteiger partial charge is 0.303 e. The van der Waals surface area contributed by atoms with Gasteiger partial charge in [0.1, 0.15) is 5.76 Å². The van der Waals surface area contributed by atoms with Crippen LogP contribution in [0, 0.1) is 12.8 Å². The number of aliphatic carboxylic acids is 1. The second-order valence-electron chi connectivity index (χ2n) is 5.06. The zero-order chi connectivity index (χ0) is 13.8. The van der Waals surface area contributed by atoms with Crippen molar-refractivity contribution in [3.63, 3.8) is 0 Å². The van der Waals surface area contributed by atoms with Crippen molar-refractivity contribution in [3.8, 4) is 0 Å². The van der Waals surface area contributed by atoms with Gasteiger partial charge in [0, 0.05) is 19.5 Å². The second-order valence-corrected chi connectivity index (χ2v) is 5.06. The van der Waals surface area contributed by atoms with E-state index in [0.717, 1.165) is 12.8 Å². The minimum absolute atomic E-state index is 0.0166. The third-order valence-corrected chi connectivity index (χ3v) is 3.76. The summed E-state index contributed by atoms with van der Waals surface area (Å²) in [6.45, 7) is 3.19. The highest BCUT2D eigenvalue weighted by Gasteiger charge is 2.25. The van der Waals surface area contributed by atoms with Gasteiger partial charge in [-0.1, -0.05) is 0 Å². The number of piperidine rings is 1. The van der Waals surface area contributed by atoms with E-state index in [4.69, 9.17) is 9.52 Å². The fraction of sp³-hybridized carbons (Fsp3) is 0.571. The molecule has 0 radical (unpaired) electrons. The van der Waals surface area contributed by atoms with Crippen molar-refractivity contribution in [2.75, 3.05) is 13.1 Å². The summed E-state index contributed by atoms with van der Waals surface area (Å²) in [5.74, 6) is 0.346. The van der Waals surface area contributed by atoms with Crippen LogP contribution in [0.5, 0.6) is 0 Å². The predicted octanol–water partition coefficient (Wildman–Crippen LogP) is 2.31. The molecule has 2 rings (SSSR count). The van der Waals surface area contributed by atoms with Crippen LogP contribution >= 0.6 is 0 Å². The van der Waals surface area contributed by atoms with Gasteiger partial charge in [0.15, 0.2) is 0 Å². The summed E-state index contributed by atoms with van der Waals surface area (Å²) >= 11 is 0. The van der Waals surface area contributed by atoms with Gasteiger partial charge in [-0.15, -0.1) is 0 Å². The first-order chi connectivity index (χ1) is 9.08. The van der Waals surface area contributed by atoms with Gasteiger partial charge in [-0.25, -0.2) is 0 Å². The molecule has 0 unspecified atom stereocenters. The fourth-order valence-corrected chi connectivity index (χ4v) is 2.53. The zero-order valence-electron chi connectivity index (χ0n) is 11.1. The van der Waals surface area contributed by atoms with Crippen molar-refractivity contribution in [1.82, 2.24) is 4.90 Å². The van der Waals surface area contributed by atoms with Crippen LogP contribution in [0.3, 0.4) is 0 Å². The Hall–Kier alpha value is -1.78. The molecule has 1 aromatic heterocycles. The van der Waals surface area contributed by atoms with E-state index >= 15 is 0 Å². The number of amides is 1. The van der Waals surface area contributed by atoms with Gasteiger partial charge in [0.2, 0.25) is 0 Å². The Morgan fingerprint density at radius 3 is 2.63 bits per heavy atom. The number of aryl methyl sites for hydroxylation is 1. The van der Waals surface area contributed by atoms with E-state index in [1.165, 1.54) is 6.26 Å². The van der Waals surface area contributed by atoms with Crippen molar-refractivity contribution < 1.29 is 19.1 Å². The van der Waals surface area contributed by atoms with Crippen LogP contribution in [0.15, 0.2) is 16.7 Å². The highest BCUT2D eigenvalue weighted by Crippen LogP contribution is 2.23. The quantitative estimate of drug-likeness (QED) is 0.906. The highest BCUT2D eigenvalue weighted by atomic mass is 16.4. The Balaban J connectivity index is 1.85. The van der Waals surface area contributed by atoms with Crippen LogP contribution in [0.1, 0.15) is 41.8 Å². The van der Waals surface area contributed by atoms with Gasteiger partial charge in [0.05, 0.1) is 11.8 Å². The number of carbonyl (C=O) groups excluding carboxylic acids is 1. The van der Waals surface area contributed by atoms with Gasteiger partial charge in [-0.05, 0) is 38.2 Å². The molecule has 1 saturated heterocycles. The number of carbonyl (C=O) groups is 2. The molecule has 0 saturated carbocycles. The van der Waals surface area contributed by atoms with Crippen LogP contribution < -0.4 is 0 Å². The van der Waals surface area contributed by atoms with E-state index in [0.29, 0.717) is 36.8 Å². The minimum atomic E-state index is -0.743. The molecule has 1 aliphatic heterocycles. The van der Waals surface area contributed by atoms with E-state index < -0.39 is 5.97 Å². The molecular formula is C14H19NO4. The molecule has 1 N–H and O–H groups in total. The largest absolute Gasteiger partial charge is 0.481 e. The highest BCUT2D eigenvalue weighted by molar-refractivity contribution is 5.95. The summed E-state index contributed by atoms with van der Waals surface area (Å²) in [5, 5.41) is 8.66. The molecule has 1 aromatic rings.